The van der Waals surface area contributed by atoms with Crippen molar-refractivity contribution in [2.75, 3.05) is 0 Å². The SMILES string of the molecule is CC(C)(C)C1CCC(C(=O)Cc2ccc(F)cc2Cl)CC1. The van der Waals surface area contributed by atoms with E-state index >= 15 is 0 Å². The molecule has 1 nitrogen and oxygen atoms in total. The maximum Gasteiger partial charge on any atom is 0.140 e. The van der Waals surface area contributed by atoms with Crippen LogP contribution in [-0.4, -0.2) is 5.78 Å². The third-order valence-electron chi connectivity index (χ3n) is 4.79. The number of halogens is 2. The van der Waals surface area contributed by atoms with Gasteiger partial charge in [-0.1, -0.05) is 38.4 Å². The van der Waals surface area contributed by atoms with Crippen molar-refractivity contribution in [1.82, 2.24) is 0 Å². The average molecular weight is 311 g/mol. The summed E-state index contributed by atoms with van der Waals surface area (Å²) < 4.78 is 13.0. The summed E-state index contributed by atoms with van der Waals surface area (Å²) in [4.78, 5) is 12.4. The summed E-state index contributed by atoms with van der Waals surface area (Å²) >= 11 is 6.00. The molecule has 0 N–H and O–H groups in total. The number of Topliss-reactive ketones (excluding diaryl/α,β-unsaturated/α-hetero) is 1. The highest BCUT2D eigenvalue weighted by Gasteiger charge is 2.32. The molecule has 1 saturated carbocycles. The van der Waals surface area contributed by atoms with Crippen LogP contribution < -0.4 is 0 Å². The van der Waals surface area contributed by atoms with Crippen LogP contribution in [0.25, 0.3) is 0 Å². The van der Waals surface area contributed by atoms with Crippen LogP contribution in [0.5, 0.6) is 0 Å². The summed E-state index contributed by atoms with van der Waals surface area (Å²) in [5, 5.41) is 0.353. The van der Waals surface area contributed by atoms with Gasteiger partial charge in [-0.25, -0.2) is 4.39 Å². The van der Waals surface area contributed by atoms with Gasteiger partial charge in [0.25, 0.3) is 0 Å². The average Bonchev–Trinajstić information content (AvgIpc) is 2.41. The molecule has 1 fully saturated rings. The summed E-state index contributed by atoms with van der Waals surface area (Å²) in [6, 6.07) is 4.27. The van der Waals surface area contributed by atoms with Crippen molar-refractivity contribution in [2.24, 2.45) is 17.3 Å². The highest BCUT2D eigenvalue weighted by molar-refractivity contribution is 6.31. The molecule has 1 aromatic carbocycles. The lowest BCUT2D eigenvalue weighted by atomic mass is 9.69. The summed E-state index contributed by atoms with van der Waals surface area (Å²) in [7, 11) is 0. The monoisotopic (exact) mass is 310 g/mol. The Kier molecular flexibility index (Phi) is 5.08. The number of ketones is 1. The summed E-state index contributed by atoms with van der Waals surface area (Å²) in [6.45, 7) is 6.83. The molecule has 1 aliphatic rings. The van der Waals surface area contributed by atoms with Crippen LogP contribution in [0.1, 0.15) is 52.0 Å². The first kappa shape index (κ1) is 16.5. The van der Waals surface area contributed by atoms with Crippen LogP contribution >= 0.6 is 11.6 Å². The Hall–Kier alpha value is -0.890. The van der Waals surface area contributed by atoms with E-state index in [2.05, 4.69) is 20.8 Å². The van der Waals surface area contributed by atoms with Gasteiger partial charge >= 0.3 is 0 Å². The maximum absolute atomic E-state index is 13.0. The molecule has 0 spiro atoms. The highest BCUT2D eigenvalue weighted by Crippen LogP contribution is 2.40. The van der Waals surface area contributed by atoms with Crippen LogP contribution in [0.4, 0.5) is 4.39 Å². The van der Waals surface area contributed by atoms with Gasteiger partial charge < -0.3 is 0 Å². The van der Waals surface area contributed by atoms with Gasteiger partial charge in [0.2, 0.25) is 0 Å². The molecule has 0 unspecified atom stereocenters. The molecule has 1 aromatic rings. The number of carbonyl (C=O) groups excluding carboxylic acids is 1. The zero-order chi connectivity index (χ0) is 15.6. The smallest absolute Gasteiger partial charge is 0.140 e. The molecule has 0 bridgehead atoms. The largest absolute Gasteiger partial charge is 0.299 e. The maximum atomic E-state index is 13.0. The Bertz CT molecular complexity index is 510. The van der Waals surface area contributed by atoms with E-state index in [-0.39, 0.29) is 17.5 Å². The topological polar surface area (TPSA) is 17.1 Å². The van der Waals surface area contributed by atoms with Gasteiger partial charge in [-0.2, -0.15) is 0 Å². The molecule has 1 aliphatic carbocycles. The first-order valence-electron chi connectivity index (χ1n) is 7.74. The van der Waals surface area contributed by atoms with Gasteiger partial charge in [0, 0.05) is 17.4 Å². The second kappa shape index (κ2) is 6.48. The molecule has 21 heavy (non-hydrogen) atoms. The Morgan fingerprint density at radius 2 is 1.86 bits per heavy atom. The molecule has 116 valence electrons. The van der Waals surface area contributed by atoms with E-state index in [1.165, 1.54) is 12.1 Å². The van der Waals surface area contributed by atoms with E-state index < -0.39 is 0 Å². The molecule has 0 amide bonds. The molecule has 0 radical (unpaired) electrons. The number of hydrogen-bond acceptors (Lipinski definition) is 1. The van der Waals surface area contributed by atoms with Crippen LogP contribution in [0.2, 0.25) is 5.02 Å². The predicted octanol–water partition coefficient (Wildman–Crippen LogP) is 5.44. The summed E-state index contributed by atoms with van der Waals surface area (Å²) in [5.41, 5.74) is 1.06. The van der Waals surface area contributed by atoms with E-state index in [4.69, 9.17) is 11.6 Å². The minimum atomic E-state index is -0.359. The third-order valence-corrected chi connectivity index (χ3v) is 5.14. The van der Waals surface area contributed by atoms with Crippen molar-refractivity contribution in [2.45, 2.75) is 52.9 Å². The van der Waals surface area contributed by atoms with E-state index in [0.29, 0.717) is 22.8 Å². The van der Waals surface area contributed by atoms with E-state index in [1.807, 2.05) is 0 Å². The Morgan fingerprint density at radius 3 is 2.38 bits per heavy atom. The van der Waals surface area contributed by atoms with E-state index in [0.717, 1.165) is 31.2 Å². The van der Waals surface area contributed by atoms with Gasteiger partial charge in [0.05, 0.1) is 0 Å². The molecule has 0 aliphatic heterocycles. The molecule has 2 rings (SSSR count). The molecule has 0 aromatic heterocycles. The van der Waals surface area contributed by atoms with Crippen molar-refractivity contribution in [3.63, 3.8) is 0 Å². The van der Waals surface area contributed by atoms with Gasteiger partial charge in [-0.3, -0.25) is 4.79 Å². The highest BCUT2D eigenvalue weighted by atomic mass is 35.5. The molecule has 0 saturated heterocycles. The Labute approximate surface area is 131 Å². The second-order valence-corrected chi connectivity index (χ2v) is 7.70. The third kappa shape index (κ3) is 4.29. The molecule has 3 heteroatoms. The first-order chi connectivity index (χ1) is 9.77. The zero-order valence-electron chi connectivity index (χ0n) is 13.1. The Balaban J connectivity index is 1.93. The lowest BCUT2D eigenvalue weighted by molar-refractivity contribution is -0.123. The van der Waals surface area contributed by atoms with Crippen LogP contribution in [0.3, 0.4) is 0 Å². The van der Waals surface area contributed by atoms with Crippen molar-refractivity contribution in [3.8, 4) is 0 Å². The van der Waals surface area contributed by atoms with Gasteiger partial charge in [0.1, 0.15) is 11.6 Å². The minimum Gasteiger partial charge on any atom is -0.299 e. The van der Waals surface area contributed by atoms with Gasteiger partial charge in [0.15, 0.2) is 0 Å². The van der Waals surface area contributed by atoms with E-state index in [9.17, 15) is 9.18 Å². The second-order valence-electron chi connectivity index (χ2n) is 7.29. The van der Waals surface area contributed by atoms with Gasteiger partial charge in [-0.15, -0.1) is 0 Å². The molecule has 0 heterocycles. The molecular formula is C18H24ClFO. The lowest BCUT2D eigenvalue weighted by Gasteiger charge is -2.36. The standard InChI is InChI=1S/C18H24ClFO/c1-18(2,3)14-7-4-12(5-8-14)17(21)10-13-6-9-15(20)11-16(13)19/h6,9,11-12,14H,4-5,7-8,10H2,1-3H3. The van der Waals surface area contributed by atoms with Crippen LogP contribution in [0.15, 0.2) is 18.2 Å². The quantitative estimate of drug-likeness (QED) is 0.726. The van der Waals surface area contributed by atoms with E-state index in [1.54, 1.807) is 6.07 Å². The lowest BCUT2D eigenvalue weighted by Crippen LogP contribution is -2.29. The summed E-state index contributed by atoms with van der Waals surface area (Å²) in [6.07, 6.45) is 4.51. The van der Waals surface area contributed by atoms with Crippen molar-refractivity contribution in [3.05, 3.63) is 34.6 Å². The summed E-state index contributed by atoms with van der Waals surface area (Å²) in [5.74, 6) is 0.735. The number of rotatable bonds is 3. The number of carbonyl (C=O) groups is 1. The Morgan fingerprint density at radius 1 is 1.24 bits per heavy atom. The van der Waals surface area contributed by atoms with Crippen molar-refractivity contribution >= 4 is 17.4 Å². The van der Waals surface area contributed by atoms with Crippen molar-refractivity contribution in [1.29, 1.82) is 0 Å². The zero-order valence-corrected chi connectivity index (χ0v) is 13.8. The normalized spacial score (nSPS) is 23.1. The van der Waals surface area contributed by atoms with Crippen LogP contribution in [0, 0.1) is 23.1 Å². The van der Waals surface area contributed by atoms with Crippen molar-refractivity contribution < 1.29 is 9.18 Å². The predicted molar refractivity (Wildman–Crippen MR) is 85.0 cm³/mol. The molecular weight excluding hydrogens is 287 g/mol. The first-order valence-corrected chi connectivity index (χ1v) is 8.12. The number of benzene rings is 1. The number of hydrogen-bond donors (Lipinski definition) is 0. The molecule has 0 atom stereocenters. The minimum absolute atomic E-state index is 0.143. The van der Waals surface area contributed by atoms with Gasteiger partial charge in [-0.05, 0) is 54.7 Å². The fourth-order valence-electron chi connectivity index (χ4n) is 3.28. The fourth-order valence-corrected chi connectivity index (χ4v) is 3.51. The fraction of sp³-hybridized carbons (Fsp3) is 0.611. The van der Waals surface area contributed by atoms with Crippen LogP contribution in [-0.2, 0) is 11.2 Å².